The second-order valence-corrected chi connectivity index (χ2v) is 6.25. The van der Waals surface area contributed by atoms with Crippen molar-refractivity contribution in [2.24, 2.45) is 0 Å². The summed E-state index contributed by atoms with van der Waals surface area (Å²) in [5.74, 6) is 0.576. The Bertz CT molecular complexity index is 1140. The maximum atomic E-state index is 12.8. The third-order valence-electron chi connectivity index (χ3n) is 3.90. The van der Waals surface area contributed by atoms with Gasteiger partial charge in [-0.2, -0.15) is 18.3 Å². The number of hydrogen-bond acceptors (Lipinski definition) is 5. The highest BCUT2D eigenvalue weighted by atomic mass is 35.5. The predicted molar refractivity (Wildman–Crippen MR) is 101 cm³/mol. The second kappa shape index (κ2) is 7.01. The van der Waals surface area contributed by atoms with Gasteiger partial charge in [-0.3, -0.25) is 10.1 Å². The van der Waals surface area contributed by atoms with E-state index in [1.807, 2.05) is 6.07 Å². The van der Waals surface area contributed by atoms with Crippen LogP contribution in [0.3, 0.4) is 0 Å². The lowest BCUT2D eigenvalue weighted by molar-refractivity contribution is -0.137. The number of fused-ring (bicyclic) bond motifs is 1. The van der Waals surface area contributed by atoms with Gasteiger partial charge < -0.3 is 10.6 Å². The molecule has 6 nitrogen and oxygen atoms in total. The SMILES string of the molecule is FC(F)(F)c1ccnc(Nc2ccc(Nc3n[nH]c4cccnc34)cc2Cl)c1. The van der Waals surface area contributed by atoms with Crippen LogP contribution in [0, 0.1) is 0 Å². The fraction of sp³-hybridized carbons (Fsp3) is 0.0556. The lowest BCUT2D eigenvalue weighted by Crippen LogP contribution is -2.06. The predicted octanol–water partition coefficient (Wildman–Crippen LogP) is 5.51. The molecular weight excluding hydrogens is 393 g/mol. The third kappa shape index (κ3) is 3.70. The van der Waals surface area contributed by atoms with Crippen LogP contribution in [0.15, 0.2) is 54.9 Å². The first kappa shape index (κ1) is 18.1. The zero-order chi connectivity index (χ0) is 19.7. The Balaban J connectivity index is 1.55. The third-order valence-corrected chi connectivity index (χ3v) is 4.21. The summed E-state index contributed by atoms with van der Waals surface area (Å²) >= 11 is 6.27. The van der Waals surface area contributed by atoms with Gasteiger partial charge in [0.1, 0.15) is 11.3 Å². The summed E-state index contributed by atoms with van der Waals surface area (Å²) in [6.45, 7) is 0. The van der Waals surface area contributed by atoms with Gasteiger partial charge in [0, 0.05) is 18.1 Å². The van der Waals surface area contributed by atoms with Crippen molar-refractivity contribution >= 4 is 45.6 Å². The number of anilines is 4. The molecule has 1 aromatic carbocycles. The highest BCUT2D eigenvalue weighted by molar-refractivity contribution is 6.33. The molecule has 0 aliphatic heterocycles. The average Bonchev–Trinajstić information content (AvgIpc) is 3.07. The Morgan fingerprint density at radius 2 is 1.82 bits per heavy atom. The summed E-state index contributed by atoms with van der Waals surface area (Å²) in [7, 11) is 0. The van der Waals surface area contributed by atoms with Crippen molar-refractivity contribution in [3.05, 3.63) is 65.4 Å². The number of alkyl halides is 3. The molecule has 3 heterocycles. The van der Waals surface area contributed by atoms with Crippen molar-refractivity contribution in [1.29, 1.82) is 0 Å². The maximum absolute atomic E-state index is 12.8. The van der Waals surface area contributed by atoms with Gasteiger partial charge >= 0.3 is 6.18 Å². The van der Waals surface area contributed by atoms with Crippen molar-refractivity contribution in [2.75, 3.05) is 10.6 Å². The fourth-order valence-electron chi connectivity index (χ4n) is 2.58. The first-order valence-corrected chi connectivity index (χ1v) is 8.44. The summed E-state index contributed by atoms with van der Waals surface area (Å²) in [5, 5.41) is 13.2. The molecule has 28 heavy (non-hydrogen) atoms. The van der Waals surface area contributed by atoms with Crippen LogP contribution in [0.25, 0.3) is 11.0 Å². The molecule has 0 bridgehead atoms. The van der Waals surface area contributed by atoms with Gasteiger partial charge in [0.05, 0.1) is 21.8 Å². The van der Waals surface area contributed by atoms with Crippen molar-refractivity contribution in [3.8, 4) is 0 Å². The number of aromatic nitrogens is 4. The standard InChI is InChI=1S/C18H12ClF3N6/c19-12-9-11(25-17-16-14(27-28-17)2-1-6-24-16)3-4-13(12)26-15-8-10(5-7-23-15)18(20,21)22/h1-9H,(H,23,26)(H2,25,27,28). The van der Waals surface area contributed by atoms with Crippen LogP contribution in [-0.2, 0) is 6.18 Å². The van der Waals surface area contributed by atoms with Gasteiger partial charge in [-0.25, -0.2) is 4.98 Å². The lowest BCUT2D eigenvalue weighted by atomic mass is 10.2. The Hall–Kier alpha value is -3.33. The minimum atomic E-state index is -4.45. The Morgan fingerprint density at radius 1 is 0.964 bits per heavy atom. The monoisotopic (exact) mass is 404 g/mol. The maximum Gasteiger partial charge on any atom is 0.416 e. The summed E-state index contributed by atoms with van der Waals surface area (Å²) < 4.78 is 38.5. The highest BCUT2D eigenvalue weighted by Crippen LogP contribution is 2.33. The quantitative estimate of drug-likeness (QED) is 0.418. The number of hydrogen-bond donors (Lipinski definition) is 3. The van der Waals surface area contributed by atoms with E-state index in [0.29, 0.717) is 27.7 Å². The van der Waals surface area contributed by atoms with Crippen LogP contribution >= 0.6 is 11.6 Å². The molecular formula is C18H12ClF3N6. The van der Waals surface area contributed by atoms with E-state index in [1.165, 1.54) is 0 Å². The second-order valence-electron chi connectivity index (χ2n) is 5.84. The van der Waals surface area contributed by atoms with Crippen molar-refractivity contribution < 1.29 is 13.2 Å². The summed E-state index contributed by atoms with van der Waals surface area (Å²) in [6, 6.07) is 10.4. The summed E-state index contributed by atoms with van der Waals surface area (Å²) in [5.41, 5.74) is 1.73. The number of H-pyrrole nitrogens is 1. The molecule has 0 unspecified atom stereocenters. The van der Waals surface area contributed by atoms with Crippen LogP contribution in [0.4, 0.5) is 36.2 Å². The van der Waals surface area contributed by atoms with Crippen LogP contribution in [0.1, 0.15) is 5.56 Å². The first-order valence-electron chi connectivity index (χ1n) is 8.06. The van der Waals surface area contributed by atoms with Crippen LogP contribution in [-0.4, -0.2) is 20.2 Å². The van der Waals surface area contributed by atoms with Gasteiger partial charge in [0.2, 0.25) is 0 Å². The lowest BCUT2D eigenvalue weighted by Gasteiger charge is -2.12. The fourth-order valence-corrected chi connectivity index (χ4v) is 2.81. The number of nitrogens with zero attached hydrogens (tertiary/aromatic N) is 3. The first-order chi connectivity index (χ1) is 13.4. The Kier molecular flexibility index (Phi) is 4.52. The summed E-state index contributed by atoms with van der Waals surface area (Å²) in [6.07, 6.45) is -1.70. The molecule has 0 saturated heterocycles. The van der Waals surface area contributed by atoms with E-state index in [9.17, 15) is 13.2 Å². The molecule has 0 fully saturated rings. The molecule has 4 rings (SSSR count). The topological polar surface area (TPSA) is 78.5 Å². The Morgan fingerprint density at radius 3 is 2.61 bits per heavy atom. The number of nitrogens with one attached hydrogen (secondary N) is 3. The average molecular weight is 405 g/mol. The van der Waals surface area contributed by atoms with Crippen molar-refractivity contribution in [3.63, 3.8) is 0 Å². The van der Waals surface area contributed by atoms with Crippen molar-refractivity contribution in [2.45, 2.75) is 6.18 Å². The Labute approximate surface area is 161 Å². The van der Waals surface area contributed by atoms with Crippen LogP contribution in [0.5, 0.6) is 0 Å². The highest BCUT2D eigenvalue weighted by Gasteiger charge is 2.30. The minimum absolute atomic E-state index is 0.0416. The van der Waals surface area contributed by atoms with Crippen molar-refractivity contribution in [1.82, 2.24) is 20.2 Å². The molecule has 0 radical (unpaired) electrons. The largest absolute Gasteiger partial charge is 0.416 e. The number of pyridine rings is 2. The van der Waals surface area contributed by atoms with E-state index in [1.54, 1.807) is 30.5 Å². The van der Waals surface area contributed by atoms with Gasteiger partial charge in [-0.05, 0) is 42.5 Å². The number of aromatic amines is 1. The molecule has 3 N–H and O–H groups in total. The molecule has 3 aromatic heterocycles. The smallest absolute Gasteiger partial charge is 0.339 e. The minimum Gasteiger partial charge on any atom is -0.339 e. The number of halogens is 4. The van der Waals surface area contributed by atoms with E-state index < -0.39 is 11.7 Å². The number of rotatable bonds is 4. The molecule has 0 saturated carbocycles. The summed E-state index contributed by atoms with van der Waals surface area (Å²) in [4.78, 5) is 8.16. The molecule has 10 heteroatoms. The van der Waals surface area contributed by atoms with Gasteiger partial charge in [-0.1, -0.05) is 11.6 Å². The molecule has 4 aromatic rings. The molecule has 142 valence electrons. The van der Waals surface area contributed by atoms with E-state index >= 15 is 0 Å². The van der Waals surface area contributed by atoms with Gasteiger partial charge in [-0.15, -0.1) is 0 Å². The molecule has 0 amide bonds. The van der Waals surface area contributed by atoms with Crippen LogP contribution in [0.2, 0.25) is 5.02 Å². The zero-order valence-corrected chi connectivity index (χ0v) is 14.8. The molecule has 0 atom stereocenters. The molecule has 0 aliphatic carbocycles. The molecule has 0 aliphatic rings. The van der Waals surface area contributed by atoms with E-state index in [0.717, 1.165) is 23.8 Å². The van der Waals surface area contributed by atoms with Crippen LogP contribution < -0.4 is 10.6 Å². The normalized spacial score (nSPS) is 11.6. The number of benzene rings is 1. The molecule has 0 spiro atoms. The van der Waals surface area contributed by atoms with E-state index in [2.05, 4.69) is 30.8 Å². The van der Waals surface area contributed by atoms with Gasteiger partial charge in [0.15, 0.2) is 5.82 Å². The van der Waals surface area contributed by atoms with E-state index in [4.69, 9.17) is 11.6 Å². The van der Waals surface area contributed by atoms with E-state index in [-0.39, 0.29) is 5.82 Å². The zero-order valence-electron chi connectivity index (χ0n) is 14.0. The van der Waals surface area contributed by atoms with Gasteiger partial charge in [0.25, 0.3) is 0 Å².